The van der Waals surface area contributed by atoms with E-state index in [0.29, 0.717) is 68.5 Å². The van der Waals surface area contributed by atoms with Gasteiger partial charge in [0, 0.05) is 19.4 Å². The zero-order valence-corrected chi connectivity index (χ0v) is 27.8. The van der Waals surface area contributed by atoms with Crippen LogP contribution >= 0.6 is 0 Å². The molecule has 3 saturated heterocycles. The molecule has 0 aromatic rings. The number of quaternary nitrogens is 2. The van der Waals surface area contributed by atoms with Crippen LogP contribution in [-0.4, -0.2) is 115 Å². The van der Waals surface area contributed by atoms with E-state index in [4.69, 9.17) is 24.7 Å². The van der Waals surface area contributed by atoms with Gasteiger partial charge in [0.05, 0.1) is 61.9 Å². The fourth-order valence-electron chi connectivity index (χ4n) is 9.46. The SMILES string of the molecule is COC1CC([C@H]2C[C@@H](O)C[C@H](CCC3CCC(O)C(OCO)C3)O2)CC(OC[C@@H]2[NH2+][C@H](C)CC[C@@H]2CC2CC[NH2+]C(N)C2)C1O. The molecule has 9 unspecified atom stereocenters. The highest BCUT2D eigenvalue weighted by atomic mass is 16.6. The summed E-state index contributed by atoms with van der Waals surface area (Å²) in [6, 6.07) is 0.957. The van der Waals surface area contributed by atoms with Gasteiger partial charge in [-0.2, -0.15) is 0 Å². The molecular weight excluding hydrogens is 578 g/mol. The second kappa shape index (κ2) is 17.3. The molecule has 45 heavy (non-hydrogen) atoms. The lowest BCUT2D eigenvalue weighted by Crippen LogP contribution is -2.98. The fourth-order valence-corrected chi connectivity index (χ4v) is 9.46. The summed E-state index contributed by atoms with van der Waals surface area (Å²) in [4.78, 5) is 0. The summed E-state index contributed by atoms with van der Waals surface area (Å²) >= 11 is 0. The molecule has 11 heteroatoms. The van der Waals surface area contributed by atoms with Gasteiger partial charge in [-0.25, -0.2) is 0 Å². The lowest BCUT2D eigenvalue weighted by Gasteiger charge is -2.45. The van der Waals surface area contributed by atoms with E-state index in [2.05, 4.69) is 17.6 Å². The summed E-state index contributed by atoms with van der Waals surface area (Å²) in [6.07, 6.45) is 10.3. The Balaban J connectivity index is 1.15. The number of hydrogen-bond donors (Lipinski definition) is 7. The van der Waals surface area contributed by atoms with Crippen LogP contribution in [0.4, 0.5) is 0 Å². The molecule has 11 nitrogen and oxygen atoms in total. The van der Waals surface area contributed by atoms with E-state index in [1.54, 1.807) is 7.11 Å². The summed E-state index contributed by atoms with van der Waals surface area (Å²) in [5.41, 5.74) is 6.27. The minimum Gasteiger partial charge on any atom is -0.393 e. The molecule has 5 rings (SSSR count). The van der Waals surface area contributed by atoms with Crippen LogP contribution in [0.3, 0.4) is 0 Å². The molecule has 3 aliphatic heterocycles. The zero-order chi connectivity index (χ0) is 31.9. The van der Waals surface area contributed by atoms with Crippen molar-refractivity contribution in [1.29, 1.82) is 0 Å². The first kappa shape index (κ1) is 35.9. The Labute approximate surface area is 270 Å². The molecule has 0 amide bonds. The third-order valence-corrected chi connectivity index (χ3v) is 12.1. The second-order valence-electron chi connectivity index (χ2n) is 15.4. The average molecular weight is 644 g/mol. The van der Waals surface area contributed by atoms with Gasteiger partial charge < -0.3 is 50.0 Å². The Morgan fingerprint density at radius 1 is 0.844 bits per heavy atom. The summed E-state index contributed by atoms with van der Waals surface area (Å²) < 4.78 is 24.5. The summed E-state index contributed by atoms with van der Waals surface area (Å²) in [5.74, 6) is 1.83. The van der Waals surface area contributed by atoms with Gasteiger partial charge in [-0.1, -0.05) is 0 Å². The maximum absolute atomic E-state index is 11.3. The minimum atomic E-state index is -0.683. The second-order valence-corrected chi connectivity index (χ2v) is 15.4. The van der Waals surface area contributed by atoms with Crippen LogP contribution in [0.5, 0.6) is 0 Å². The highest BCUT2D eigenvalue weighted by Gasteiger charge is 2.45. The fraction of sp³-hybridized carbons (Fsp3) is 1.00. The van der Waals surface area contributed by atoms with Crippen LogP contribution in [0.2, 0.25) is 0 Å². The number of nitrogens with two attached hydrogens (primary N) is 3. The number of aliphatic hydroxyl groups excluding tert-OH is 4. The summed E-state index contributed by atoms with van der Waals surface area (Å²) in [7, 11) is 1.67. The molecule has 0 bridgehead atoms. The van der Waals surface area contributed by atoms with E-state index in [1.165, 1.54) is 25.7 Å². The molecule has 5 fully saturated rings. The van der Waals surface area contributed by atoms with Gasteiger partial charge in [-0.15, -0.1) is 0 Å². The number of aliphatic hydroxyl groups is 4. The standard InChI is InChI=1S/C34H63N3O8/c1-20-3-6-23(11-22-9-10-36-33(35)13-22)27(37-20)18-43-32-15-24(14-31(42-2)34(32)41)29-17-25(39)16-26(45-29)7-4-21-5-8-28(40)30(12-21)44-19-38/h20-34,36-41H,3-19,35H2,1-2H3/p+2/t20-,21?,22?,23-,24?,25+,26+,27+,28?,29-,30?,31?,32?,33?,34?/m1/s1. The third kappa shape index (κ3) is 10.0. The number of piperidine rings is 2. The van der Waals surface area contributed by atoms with Gasteiger partial charge in [0.25, 0.3) is 0 Å². The van der Waals surface area contributed by atoms with Crippen molar-refractivity contribution in [2.75, 3.05) is 27.1 Å². The van der Waals surface area contributed by atoms with E-state index < -0.39 is 18.3 Å². The van der Waals surface area contributed by atoms with E-state index in [1.807, 2.05) is 0 Å². The first-order chi connectivity index (χ1) is 21.7. The number of rotatable bonds is 12. The van der Waals surface area contributed by atoms with Gasteiger partial charge in [-0.3, -0.25) is 5.73 Å². The molecule has 5 aliphatic rings. The Hall–Kier alpha value is -0.440. The van der Waals surface area contributed by atoms with Gasteiger partial charge in [0.15, 0.2) is 0 Å². The largest absolute Gasteiger partial charge is 0.393 e. The monoisotopic (exact) mass is 643 g/mol. The normalized spacial score (nSPS) is 46.6. The van der Waals surface area contributed by atoms with Crippen molar-refractivity contribution in [2.24, 2.45) is 29.4 Å². The first-order valence-electron chi connectivity index (χ1n) is 18.2. The van der Waals surface area contributed by atoms with E-state index in [0.717, 1.165) is 38.6 Å². The lowest BCUT2D eigenvalue weighted by molar-refractivity contribution is -0.736. The van der Waals surface area contributed by atoms with E-state index >= 15 is 0 Å². The Kier molecular flexibility index (Phi) is 13.8. The van der Waals surface area contributed by atoms with Crippen molar-refractivity contribution >= 4 is 0 Å². The predicted octanol–water partition coefficient (Wildman–Crippen LogP) is -0.279. The van der Waals surface area contributed by atoms with Crippen molar-refractivity contribution < 1.29 is 50.0 Å². The number of hydrogen-bond acceptors (Lipinski definition) is 9. The molecule has 0 spiro atoms. The molecule has 10 N–H and O–H groups in total. The van der Waals surface area contributed by atoms with Crippen LogP contribution in [0.1, 0.15) is 96.8 Å². The molecule has 2 aliphatic carbocycles. The molecule has 3 heterocycles. The van der Waals surface area contributed by atoms with E-state index in [9.17, 15) is 20.4 Å². The van der Waals surface area contributed by atoms with Crippen molar-refractivity contribution in [3.8, 4) is 0 Å². The molecule has 0 aromatic heterocycles. The third-order valence-electron chi connectivity index (χ3n) is 12.1. The summed E-state index contributed by atoms with van der Waals surface area (Å²) in [6.45, 7) is 3.68. The predicted molar refractivity (Wildman–Crippen MR) is 168 cm³/mol. The van der Waals surface area contributed by atoms with Crippen molar-refractivity contribution in [3.05, 3.63) is 0 Å². The number of ether oxygens (including phenoxy) is 4. The van der Waals surface area contributed by atoms with Gasteiger partial charge in [0.2, 0.25) is 0 Å². The molecule has 15 atom stereocenters. The molecule has 2 saturated carbocycles. The minimum absolute atomic E-state index is 0.0281. The van der Waals surface area contributed by atoms with Crippen LogP contribution in [0.25, 0.3) is 0 Å². The molecule has 0 aromatic carbocycles. The van der Waals surface area contributed by atoms with Crippen LogP contribution in [-0.2, 0) is 18.9 Å². The average Bonchev–Trinajstić information content (AvgIpc) is 3.02. The quantitative estimate of drug-likeness (QED) is 0.141. The zero-order valence-electron chi connectivity index (χ0n) is 27.8. The van der Waals surface area contributed by atoms with Crippen LogP contribution in [0, 0.1) is 23.7 Å². The van der Waals surface area contributed by atoms with Gasteiger partial charge >= 0.3 is 0 Å². The van der Waals surface area contributed by atoms with Crippen molar-refractivity contribution in [2.45, 2.75) is 164 Å². The van der Waals surface area contributed by atoms with Crippen LogP contribution in [0.15, 0.2) is 0 Å². The molecule has 0 radical (unpaired) electrons. The number of methoxy groups -OCH3 is 1. The first-order valence-corrected chi connectivity index (χ1v) is 18.2. The Morgan fingerprint density at radius 2 is 1.67 bits per heavy atom. The van der Waals surface area contributed by atoms with Crippen molar-refractivity contribution in [1.82, 2.24) is 0 Å². The topological polar surface area (TPSA) is 177 Å². The Bertz CT molecular complexity index is 873. The van der Waals surface area contributed by atoms with Gasteiger partial charge in [-0.05, 0) is 108 Å². The lowest BCUT2D eigenvalue weighted by atomic mass is 9.76. The highest BCUT2D eigenvalue weighted by Crippen LogP contribution is 2.39. The molecule has 262 valence electrons. The molecular formula is C34H65N3O8+2. The smallest absolute Gasteiger partial charge is 0.144 e. The Morgan fingerprint density at radius 3 is 2.44 bits per heavy atom. The highest BCUT2D eigenvalue weighted by molar-refractivity contribution is 4.94. The van der Waals surface area contributed by atoms with E-state index in [-0.39, 0.29) is 49.4 Å². The van der Waals surface area contributed by atoms with Crippen LogP contribution < -0.4 is 16.4 Å². The van der Waals surface area contributed by atoms with Gasteiger partial charge in [0.1, 0.15) is 25.1 Å². The van der Waals surface area contributed by atoms with Crippen molar-refractivity contribution in [3.63, 3.8) is 0 Å². The summed E-state index contributed by atoms with van der Waals surface area (Å²) in [5, 5.41) is 46.3. The maximum atomic E-state index is 11.3. The maximum Gasteiger partial charge on any atom is 0.144 e.